The normalized spacial score (nSPS) is 13.6. The molecule has 0 saturated carbocycles. The van der Waals surface area contributed by atoms with Gasteiger partial charge in [0.2, 0.25) is 0 Å². The molecule has 0 fully saturated rings. The van der Waals surface area contributed by atoms with Crippen LogP contribution in [-0.2, 0) is 4.74 Å². The fourth-order valence-corrected chi connectivity index (χ4v) is 1.71. The van der Waals surface area contributed by atoms with E-state index in [0.29, 0.717) is 13.0 Å². The third kappa shape index (κ3) is 6.55. The highest BCUT2D eigenvalue weighted by molar-refractivity contribution is 5.52. The molecule has 0 aliphatic rings. The molecule has 0 aliphatic carbocycles. The number of rotatable bonds is 8. The molecule has 3 nitrogen and oxygen atoms in total. The number of methoxy groups -OCH3 is 1. The van der Waals surface area contributed by atoms with Gasteiger partial charge in [-0.1, -0.05) is 42.0 Å². The van der Waals surface area contributed by atoms with E-state index in [-0.39, 0.29) is 6.10 Å². The molecule has 1 aromatic carbocycles. The average Bonchev–Trinajstić information content (AvgIpc) is 2.36. The maximum Gasteiger partial charge on any atom is 0.0785 e. The molecule has 0 spiro atoms. The largest absolute Gasteiger partial charge is 0.391 e. The molecule has 0 radical (unpaired) electrons. The van der Waals surface area contributed by atoms with Gasteiger partial charge in [0.1, 0.15) is 0 Å². The first kappa shape index (κ1) is 14.9. The summed E-state index contributed by atoms with van der Waals surface area (Å²) in [5.74, 6) is 0. The summed E-state index contributed by atoms with van der Waals surface area (Å²) in [4.78, 5) is 0. The number of hydrogen-bond acceptors (Lipinski definition) is 3. The van der Waals surface area contributed by atoms with Gasteiger partial charge in [0.15, 0.2) is 0 Å². The predicted octanol–water partition coefficient (Wildman–Crippen LogP) is 2.08. The second kappa shape index (κ2) is 8.86. The molecule has 0 amide bonds. The number of ether oxygens (including phenoxy) is 1. The molecule has 1 rings (SSSR count). The molecule has 1 atom stereocenters. The van der Waals surface area contributed by atoms with E-state index in [1.165, 1.54) is 11.1 Å². The van der Waals surface area contributed by atoms with E-state index in [1.54, 1.807) is 7.11 Å². The lowest BCUT2D eigenvalue weighted by Gasteiger charge is -2.10. The van der Waals surface area contributed by atoms with Gasteiger partial charge in [0.25, 0.3) is 0 Å². The third-order valence-electron chi connectivity index (χ3n) is 2.63. The lowest BCUT2D eigenvalue weighted by Crippen LogP contribution is -2.24. The Morgan fingerprint density at radius 1 is 1.39 bits per heavy atom. The Kier molecular flexibility index (Phi) is 7.34. The van der Waals surface area contributed by atoms with E-state index in [1.807, 2.05) is 18.2 Å². The number of benzene rings is 1. The van der Waals surface area contributed by atoms with Crippen LogP contribution in [0.1, 0.15) is 18.9 Å². The van der Waals surface area contributed by atoms with Crippen LogP contribution in [0.4, 0.5) is 0 Å². The monoisotopic (exact) mass is 249 g/mol. The van der Waals surface area contributed by atoms with Gasteiger partial charge < -0.3 is 15.2 Å². The van der Waals surface area contributed by atoms with E-state index < -0.39 is 0 Å². The summed E-state index contributed by atoms with van der Waals surface area (Å²) in [6.45, 7) is 4.14. The van der Waals surface area contributed by atoms with Crippen molar-refractivity contribution < 1.29 is 9.84 Å². The van der Waals surface area contributed by atoms with Crippen molar-refractivity contribution >= 4 is 6.08 Å². The van der Waals surface area contributed by atoms with E-state index in [0.717, 1.165) is 13.1 Å². The van der Waals surface area contributed by atoms with Gasteiger partial charge in [-0.2, -0.15) is 0 Å². The van der Waals surface area contributed by atoms with Crippen LogP contribution in [0.2, 0.25) is 0 Å². The average molecular weight is 249 g/mol. The molecule has 2 N–H and O–H groups in total. The summed E-state index contributed by atoms with van der Waals surface area (Å²) in [5.41, 5.74) is 2.50. The first-order chi connectivity index (χ1) is 8.72. The number of aliphatic hydroxyl groups is 1. The molecule has 1 unspecified atom stereocenters. The molecule has 0 aliphatic heterocycles. The molecule has 3 heteroatoms. The summed E-state index contributed by atoms with van der Waals surface area (Å²) in [6, 6.07) is 10.3. The topological polar surface area (TPSA) is 41.5 Å². The molecule has 100 valence electrons. The standard InChI is InChI=1S/C15H23NO2/c1-13(10-14-6-4-3-5-7-14)11-16-9-8-15(17)12-18-2/h3-7,10,15-17H,8-9,11-12H2,1-2H3/b13-10+. The Morgan fingerprint density at radius 2 is 2.11 bits per heavy atom. The van der Waals surface area contributed by atoms with Gasteiger partial charge in [-0.15, -0.1) is 0 Å². The zero-order chi connectivity index (χ0) is 13.2. The van der Waals surface area contributed by atoms with Crippen molar-refractivity contribution in [2.45, 2.75) is 19.4 Å². The molecular weight excluding hydrogens is 226 g/mol. The first-order valence-electron chi connectivity index (χ1n) is 6.32. The van der Waals surface area contributed by atoms with Crippen LogP contribution < -0.4 is 5.32 Å². The summed E-state index contributed by atoms with van der Waals surface area (Å²) >= 11 is 0. The molecular formula is C15H23NO2. The Morgan fingerprint density at radius 3 is 2.78 bits per heavy atom. The fraction of sp³-hybridized carbons (Fsp3) is 0.467. The van der Waals surface area contributed by atoms with Gasteiger partial charge in [0.05, 0.1) is 12.7 Å². The van der Waals surface area contributed by atoms with Crippen LogP contribution in [0, 0.1) is 0 Å². The summed E-state index contributed by atoms with van der Waals surface area (Å²) < 4.78 is 4.87. The molecule has 0 saturated heterocycles. The van der Waals surface area contributed by atoms with Crippen molar-refractivity contribution in [1.29, 1.82) is 0 Å². The van der Waals surface area contributed by atoms with Crippen LogP contribution in [0.15, 0.2) is 35.9 Å². The number of nitrogens with one attached hydrogen (secondary N) is 1. The summed E-state index contributed by atoms with van der Waals surface area (Å²) in [5, 5.41) is 12.8. The maximum absolute atomic E-state index is 9.47. The minimum absolute atomic E-state index is 0.374. The second-order valence-corrected chi connectivity index (χ2v) is 4.48. The van der Waals surface area contributed by atoms with Gasteiger partial charge >= 0.3 is 0 Å². The van der Waals surface area contributed by atoms with Crippen molar-refractivity contribution in [2.24, 2.45) is 0 Å². The van der Waals surface area contributed by atoms with Crippen LogP contribution in [-0.4, -0.2) is 38.0 Å². The summed E-state index contributed by atoms with van der Waals surface area (Å²) in [7, 11) is 1.60. The van der Waals surface area contributed by atoms with E-state index in [2.05, 4.69) is 30.4 Å². The molecule has 0 aromatic heterocycles. The zero-order valence-electron chi connectivity index (χ0n) is 11.2. The Hall–Kier alpha value is -1.16. The molecule has 18 heavy (non-hydrogen) atoms. The highest BCUT2D eigenvalue weighted by Crippen LogP contribution is 2.05. The molecule has 1 aromatic rings. The van der Waals surface area contributed by atoms with Crippen molar-refractivity contribution in [2.75, 3.05) is 26.8 Å². The van der Waals surface area contributed by atoms with Crippen molar-refractivity contribution in [3.63, 3.8) is 0 Å². The first-order valence-corrected chi connectivity index (χ1v) is 6.32. The Bertz CT molecular complexity index is 349. The van der Waals surface area contributed by atoms with Crippen LogP contribution in [0.5, 0.6) is 0 Å². The van der Waals surface area contributed by atoms with E-state index >= 15 is 0 Å². The smallest absolute Gasteiger partial charge is 0.0785 e. The van der Waals surface area contributed by atoms with Crippen LogP contribution in [0.3, 0.4) is 0 Å². The minimum atomic E-state index is -0.374. The van der Waals surface area contributed by atoms with Crippen molar-refractivity contribution in [3.8, 4) is 0 Å². The van der Waals surface area contributed by atoms with Gasteiger partial charge in [-0.25, -0.2) is 0 Å². The quantitative estimate of drug-likeness (QED) is 0.693. The lowest BCUT2D eigenvalue weighted by atomic mass is 10.1. The third-order valence-corrected chi connectivity index (χ3v) is 2.63. The zero-order valence-corrected chi connectivity index (χ0v) is 11.2. The number of hydrogen-bond donors (Lipinski definition) is 2. The van der Waals surface area contributed by atoms with Crippen molar-refractivity contribution in [3.05, 3.63) is 41.5 Å². The lowest BCUT2D eigenvalue weighted by molar-refractivity contribution is 0.0596. The van der Waals surface area contributed by atoms with Crippen LogP contribution >= 0.6 is 0 Å². The van der Waals surface area contributed by atoms with Crippen molar-refractivity contribution in [1.82, 2.24) is 5.32 Å². The Labute approximate surface area is 109 Å². The Balaban J connectivity index is 2.21. The minimum Gasteiger partial charge on any atom is -0.391 e. The van der Waals surface area contributed by atoms with Gasteiger partial charge in [0, 0.05) is 13.7 Å². The SMILES string of the molecule is COCC(O)CCNC/C(C)=C/c1ccccc1. The number of aliphatic hydroxyl groups excluding tert-OH is 1. The van der Waals surface area contributed by atoms with Gasteiger partial charge in [-0.05, 0) is 25.5 Å². The molecule has 0 heterocycles. The highest BCUT2D eigenvalue weighted by Gasteiger charge is 2.01. The summed E-state index contributed by atoms with van der Waals surface area (Å²) in [6.07, 6.45) is 2.51. The van der Waals surface area contributed by atoms with Crippen LogP contribution in [0.25, 0.3) is 6.08 Å². The van der Waals surface area contributed by atoms with E-state index in [9.17, 15) is 5.11 Å². The van der Waals surface area contributed by atoms with Gasteiger partial charge in [-0.3, -0.25) is 0 Å². The van der Waals surface area contributed by atoms with E-state index in [4.69, 9.17) is 4.74 Å². The maximum atomic E-state index is 9.47. The molecule has 0 bridgehead atoms. The highest BCUT2D eigenvalue weighted by atomic mass is 16.5. The fourth-order valence-electron chi connectivity index (χ4n) is 1.71. The predicted molar refractivity (Wildman–Crippen MR) is 75.5 cm³/mol. The second-order valence-electron chi connectivity index (χ2n) is 4.48.